The molecule has 0 bridgehead atoms. The lowest BCUT2D eigenvalue weighted by Crippen LogP contribution is -2.65. The highest BCUT2D eigenvalue weighted by Gasteiger charge is 2.45. The molecule has 1 fully saturated rings. The van der Waals surface area contributed by atoms with Crippen molar-refractivity contribution in [2.45, 2.75) is 71.6 Å². The van der Waals surface area contributed by atoms with Gasteiger partial charge in [0.05, 0.1) is 29.2 Å². The van der Waals surface area contributed by atoms with Crippen LogP contribution in [0.1, 0.15) is 63.9 Å². The standard InChI is InChI=1S/C29H38N6O7/c1-7-8-17-11-20-23(31-12-17)22(25(41-20)34-26(37)38)24(36)32-18-13-30-10-9-19(18)35-14-16(2)29(6,40)21(15-35)33-27(39)42-28(3,4)5/h9-13,16,21,34,40H,7-8,14-15H2,1-6H3,(H,32,36)(H,33,39)(H,37,38)/t16-,21+,29-/m0/s1. The second-order valence-electron chi connectivity index (χ2n) is 11.8. The van der Waals surface area contributed by atoms with Crippen molar-refractivity contribution >= 4 is 46.5 Å². The summed E-state index contributed by atoms with van der Waals surface area (Å²) in [5.41, 5.74) is 0.308. The van der Waals surface area contributed by atoms with Crippen LogP contribution < -0.4 is 20.9 Å². The first-order valence-electron chi connectivity index (χ1n) is 13.8. The van der Waals surface area contributed by atoms with Gasteiger partial charge in [0.15, 0.2) is 5.58 Å². The van der Waals surface area contributed by atoms with Gasteiger partial charge in [0, 0.05) is 31.4 Å². The molecule has 3 amide bonds. The molecule has 0 radical (unpaired) electrons. The van der Waals surface area contributed by atoms with E-state index in [0.29, 0.717) is 17.9 Å². The lowest BCUT2D eigenvalue weighted by Gasteiger charge is -2.48. The van der Waals surface area contributed by atoms with Crippen molar-refractivity contribution in [3.63, 3.8) is 0 Å². The van der Waals surface area contributed by atoms with Crippen LogP contribution in [0, 0.1) is 5.92 Å². The number of aryl methyl sites for hydroxylation is 1. The monoisotopic (exact) mass is 582 g/mol. The molecule has 4 heterocycles. The summed E-state index contributed by atoms with van der Waals surface area (Å²) in [5, 5.41) is 28.4. The third-order valence-corrected chi connectivity index (χ3v) is 7.25. The molecule has 1 aliphatic heterocycles. The fraction of sp³-hybridized carbons (Fsp3) is 0.483. The molecular formula is C29H38N6O7. The number of amides is 3. The quantitative estimate of drug-likeness (QED) is 0.264. The molecule has 13 nitrogen and oxygen atoms in total. The number of hydrogen-bond donors (Lipinski definition) is 5. The van der Waals surface area contributed by atoms with E-state index in [4.69, 9.17) is 9.15 Å². The summed E-state index contributed by atoms with van der Waals surface area (Å²) in [5.74, 6) is -1.18. The van der Waals surface area contributed by atoms with Gasteiger partial charge in [-0.3, -0.25) is 20.1 Å². The number of carboxylic acid groups (broad SMARTS) is 1. The number of aromatic nitrogens is 2. The normalized spacial score (nSPS) is 20.7. The largest absolute Gasteiger partial charge is 0.465 e. The van der Waals surface area contributed by atoms with Crippen LogP contribution >= 0.6 is 0 Å². The lowest BCUT2D eigenvalue weighted by molar-refractivity contribution is -0.0405. The average Bonchev–Trinajstić information content (AvgIpc) is 3.22. The fourth-order valence-corrected chi connectivity index (χ4v) is 4.96. The van der Waals surface area contributed by atoms with E-state index in [2.05, 4.69) is 25.9 Å². The second kappa shape index (κ2) is 11.8. The molecule has 1 saturated heterocycles. The summed E-state index contributed by atoms with van der Waals surface area (Å²) >= 11 is 0. The molecule has 3 atom stereocenters. The predicted molar refractivity (Wildman–Crippen MR) is 157 cm³/mol. The number of fused-ring (bicyclic) bond motifs is 1. The third-order valence-electron chi connectivity index (χ3n) is 7.25. The molecule has 0 aliphatic carbocycles. The number of nitrogens with zero attached hydrogens (tertiary/aromatic N) is 3. The number of carbonyl (C=O) groups excluding carboxylic acids is 2. The molecule has 1 aliphatic rings. The minimum absolute atomic E-state index is 0.0651. The van der Waals surface area contributed by atoms with E-state index in [1.54, 1.807) is 52.2 Å². The zero-order valence-corrected chi connectivity index (χ0v) is 24.6. The van der Waals surface area contributed by atoms with Crippen molar-refractivity contribution < 1.29 is 33.8 Å². The van der Waals surface area contributed by atoms with Crippen LogP contribution in [-0.2, 0) is 11.2 Å². The summed E-state index contributed by atoms with van der Waals surface area (Å²) in [6.07, 6.45) is 4.26. The van der Waals surface area contributed by atoms with E-state index in [9.17, 15) is 24.6 Å². The number of alkyl carbamates (subject to hydrolysis) is 1. The van der Waals surface area contributed by atoms with Gasteiger partial charge in [-0.1, -0.05) is 20.3 Å². The van der Waals surface area contributed by atoms with E-state index in [-0.39, 0.29) is 35.0 Å². The number of aliphatic hydroxyl groups is 1. The van der Waals surface area contributed by atoms with Gasteiger partial charge in [0.1, 0.15) is 16.7 Å². The summed E-state index contributed by atoms with van der Waals surface area (Å²) in [4.78, 5) is 48.2. The molecule has 42 heavy (non-hydrogen) atoms. The molecule has 3 aromatic rings. The summed E-state index contributed by atoms with van der Waals surface area (Å²) in [6, 6.07) is 2.76. The zero-order valence-electron chi connectivity index (χ0n) is 24.6. The Hall–Kier alpha value is -4.39. The molecule has 0 unspecified atom stereocenters. The number of anilines is 3. The fourth-order valence-electron chi connectivity index (χ4n) is 4.96. The smallest absolute Gasteiger partial charge is 0.411 e. The van der Waals surface area contributed by atoms with E-state index in [1.165, 1.54) is 6.20 Å². The number of nitrogens with one attached hydrogen (secondary N) is 3. The molecule has 5 N–H and O–H groups in total. The van der Waals surface area contributed by atoms with E-state index < -0.39 is 35.3 Å². The van der Waals surface area contributed by atoms with Crippen molar-refractivity contribution in [3.05, 3.63) is 41.9 Å². The van der Waals surface area contributed by atoms with E-state index in [0.717, 1.165) is 18.4 Å². The number of furan rings is 1. The van der Waals surface area contributed by atoms with Gasteiger partial charge in [0.25, 0.3) is 5.91 Å². The molecule has 4 rings (SSSR count). The summed E-state index contributed by atoms with van der Waals surface area (Å²) < 4.78 is 11.1. The first kappa shape index (κ1) is 30.6. The summed E-state index contributed by atoms with van der Waals surface area (Å²) in [6.45, 7) is 11.5. The van der Waals surface area contributed by atoms with Crippen molar-refractivity contribution in [2.75, 3.05) is 28.6 Å². The SMILES string of the molecule is CCCc1cnc2c(C(=O)Nc3cnccc3N3C[C@H](C)[C@](C)(O)[C@H](NC(=O)OC(C)(C)C)C3)c(NC(=O)O)oc2c1. The molecule has 0 spiro atoms. The van der Waals surface area contributed by atoms with Crippen molar-refractivity contribution in [1.29, 1.82) is 0 Å². The van der Waals surface area contributed by atoms with Crippen molar-refractivity contribution in [2.24, 2.45) is 5.92 Å². The maximum Gasteiger partial charge on any atom is 0.411 e. The molecule has 3 aromatic heterocycles. The maximum absolute atomic E-state index is 13.6. The number of rotatable bonds is 7. The Morgan fingerprint density at radius 1 is 1.21 bits per heavy atom. The minimum atomic E-state index is -1.39. The van der Waals surface area contributed by atoms with Crippen LogP contribution in [0.5, 0.6) is 0 Å². The number of hydrogen-bond acceptors (Lipinski definition) is 9. The highest BCUT2D eigenvalue weighted by atomic mass is 16.6. The highest BCUT2D eigenvalue weighted by Crippen LogP contribution is 2.36. The van der Waals surface area contributed by atoms with Gasteiger partial charge in [0.2, 0.25) is 5.88 Å². The number of pyridine rings is 2. The van der Waals surface area contributed by atoms with Crippen molar-refractivity contribution in [3.8, 4) is 0 Å². The van der Waals surface area contributed by atoms with Crippen molar-refractivity contribution in [1.82, 2.24) is 15.3 Å². The Balaban J connectivity index is 1.64. The number of piperidine rings is 1. The Morgan fingerprint density at radius 2 is 1.95 bits per heavy atom. The Morgan fingerprint density at radius 3 is 2.62 bits per heavy atom. The second-order valence-corrected chi connectivity index (χ2v) is 11.8. The Kier molecular flexibility index (Phi) is 8.62. The van der Waals surface area contributed by atoms with Crippen LogP contribution in [0.2, 0.25) is 0 Å². The number of ether oxygens (including phenoxy) is 1. The number of carbonyl (C=O) groups is 3. The molecule has 0 aromatic carbocycles. The van der Waals surface area contributed by atoms with E-state index in [1.807, 2.05) is 18.7 Å². The van der Waals surface area contributed by atoms with Crippen LogP contribution in [0.15, 0.2) is 35.1 Å². The first-order chi connectivity index (χ1) is 19.7. The molecule has 0 saturated carbocycles. The minimum Gasteiger partial charge on any atom is -0.465 e. The van der Waals surface area contributed by atoms with Crippen LogP contribution in [0.4, 0.5) is 26.8 Å². The van der Waals surface area contributed by atoms with Gasteiger partial charge < -0.3 is 34.9 Å². The first-order valence-corrected chi connectivity index (χ1v) is 13.8. The molecule has 226 valence electrons. The van der Waals surface area contributed by atoms with Gasteiger partial charge in [-0.05, 0) is 51.8 Å². The zero-order chi connectivity index (χ0) is 30.8. The van der Waals surface area contributed by atoms with Gasteiger partial charge in [-0.25, -0.2) is 9.59 Å². The lowest BCUT2D eigenvalue weighted by atomic mass is 9.79. The molecule has 13 heteroatoms. The van der Waals surface area contributed by atoms with Gasteiger partial charge in [-0.2, -0.15) is 0 Å². The Labute approximate surface area is 243 Å². The average molecular weight is 583 g/mol. The van der Waals surface area contributed by atoms with E-state index >= 15 is 0 Å². The predicted octanol–water partition coefficient (Wildman–Crippen LogP) is 4.62. The maximum atomic E-state index is 13.6. The summed E-state index contributed by atoms with van der Waals surface area (Å²) in [7, 11) is 0. The van der Waals surface area contributed by atoms with Gasteiger partial charge >= 0.3 is 12.2 Å². The topological polar surface area (TPSA) is 179 Å². The highest BCUT2D eigenvalue weighted by molar-refractivity contribution is 6.16. The third kappa shape index (κ3) is 6.73. The van der Waals surface area contributed by atoms with Gasteiger partial charge in [-0.15, -0.1) is 0 Å². The Bertz CT molecular complexity index is 1480. The van der Waals surface area contributed by atoms with Crippen LogP contribution in [0.3, 0.4) is 0 Å². The van der Waals surface area contributed by atoms with Crippen LogP contribution in [0.25, 0.3) is 11.1 Å². The molecular weight excluding hydrogens is 544 g/mol. The van der Waals surface area contributed by atoms with Crippen LogP contribution in [-0.4, -0.2) is 68.6 Å².